The van der Waals surface area contributed by atoms with E-state index in [1.807, 2.05) is 60.5 Å². The molecule has 1 aromatic carbocycles. The molecule has 0 N–H and O–H groups in total. The quantitative estimate of drug-likeness (QED) is 0.589. The van der Waals surface area contributed by atoms with Crippen molar-refractivity contribution >= 4 is 23.2 Å². The largest absolute Gasteiger partial charge is 0.333 e. The number of nitrogens with zero attached hydrogens (tertiary/aromatic N) is 2. The summed E-state index contributed by atoms with van der Waals surface area (Å²) < 4.78 is 0. The van der Waals surface area contributed by atoms with E-state index in [0.717, 1.165) is 17.0 Å². The van der Waals surface area contributed by atoms with E-state index in [-0.39, 0.29) is 18.4 Å². The molecule has 1 aliphatic carbocycles. The first kappa shape index (κ1) is 20.6. The third-order valence-electron chi connectivity index (χ3n) is 4.93. The average molecular weight is 399 g/mol. The highest BCUT2D eigenvalue weighted by atomic mass is 32.1. The topological polar surface area (TPSA) is 40.6 Å². The minimum atomic E-state index is 0.0232. The highest BCUT2D eigenvalue weighted by Gasteiger charge is 2.29. The molecule has 0 radical (unpaired) electrons. The zero-order valence-corrected chi connectivity index (χ0v) is 17.7. The average Bonchev–Trinajstić information content (AvgIpc) is 3.33. The number of hydrogen-bond donors (Lipinski definition) is 0. The maximum Gasteiger partial charge on any atom is 0.242 e. The molecule has 5 heteroatoms. The van der Waals surface area contributed by atoms with Crippen LogP contribution < -0.4 is 0 Å². The van der Waals surface area contributed by atoms with Crippen LogP contribution in [0.15, 0.2) is 47.8 Å². The van der Waals surface area contributed by atoms with Crippen molar-refractivity contribution in [1.29, 1.82) is 0 Å². The molecule has 28 heavy (non-hydrogen) atoms. The van der Waals surface area contributed by atoms with E-state index in [4.69, 9.17) is 0 Å². The molecule has 0 saturated heterocycles. The van der Waals surface area contributed by atoms with Crippen molar-refractivity contribution in [1.82, 2.24) is 9.80 Å². The van der Waals surface area contributed by atoms with E-state index >= 15 is 0 Å². The summed E-state index contributed by atoms with van der Waals surface area (Å²) in [5.41, 5.74) is 1.11. The van der Waals surface area contributed by atoms with Gasteiger partial charge >= 0.3 is 0 Å². The summed E-state index contributed by atoms with van der Waals surface area (Å²) in [4.78, 5) is 30.8. The van der Waals surface area contributed by atoms with Gasteiger partial charge in [-0.1, -0.05) is 50.2 Å². The second-order valence-electron chi connectivity index (χ2n) is 8.13. The minimum absolute atomic E-state index is 0.0232. The van der Waals surface area contributed by atoms with E-state index in [2.05, 4.69) is 6.07 Å². The van der Waals surface area contributed by atoms with Gasteiger partial charge in [0, 0.05) is 24.4 Å². The fraction of sp³-hybridized carbons (Fsp3) is 0.478. The second-order valence-corrected chi connectivity index (χ2v) is 9.16. The van der Waals surface area contributed by atoms with Crippen molar-refractivity contribution in [3.05, 3.63) is 58.3 Å². The fourth-order valence-corrected chi connectivity index (χ4v) is 3.95. The van der Waals surface area contributed by atoms with Crippen LogP contribution in [0.4, 0.5) is 0 Å². The van der Waals surface area contributed by atoms with Gasteiger partial charge in [0.2, 0.25) is 11.8 Å². The van der Waals surface area contributed by atoms with Crippen LogP contribution in [0.2, 0.25) is 0 Å². The molecule has 1 aliphatic rings. The molecule has 4 nitrogen and oxygen atoms in total. The van der Waals surface area contributed by atoms with Crippen LogP contribution in [0, 0.1) is 11.8 Å². The molecular formula is C23H30N2O2S. The smallest absolute Gasteiger partial charge is 0.242 e. The molecule has 0 bridgehead atoms. The van der Waals surface area contributed by atoms with Gasteiger partial charge in [-0.05, 0) is 41.7 Å². The van der Waals surface area contributed by atoms with Crippen LogP contribution in [0.1, 0.15) is 43.6 Å². The monoisotopic (exact) mass is 398 g/mol. The molecule has 1 aromatic heterocycles. The Morgan fingerprint density at radius 1 is 1.00 bits per heavy atom. The lowest BCUT2D eigenvalue weighted by molar-refractivity contribution is -0.141. The highest BCUT2D eigenvalue weighted by Crippen LogP contribution is 2.30. The Kier molecular flexibility index (Phi) is 7.26. The summed E-state index contributed by atoms with van der Waals surface area (Å²) in [6.07, 6.45) is 2.84. The van der Waals surface area contributed by atoms with Crippen molar-refractivity contribution in [2.45, 2.75) is 46.2 Å². The van der Waals surface area contributed by atoms with Gasteiger partial charge < -0.3 is 9.80 Å². The molecule has 0 spiro atoms. The normalized spacial score (nSPS) is 13.5. The summed E-state index contributed by atoms with van der Waals surface area (Å²) in [5.74, 6) is 1.00. The highest BCUT2D eigenvalue weighted by molar-refractivity contribution is 7.09. The standard InChI is InChI=1S/C23H30N2O2S/c1-18(2)13-22(26)25(15-20-10-11-20)17-23(27)24(16-21-9-6-12-28-21)14-19-7-4-3-5-8-19/h3-9,12,18,20H,10-11,13-17H2,1-2H3. The van der Waals surface area contributed by atoms with Gasteiger partial charge in [-0.2, -0.15) is 0 Å². The second kappa shape index (κ2) is 9.87. The molecule has 1 heterocycles. The number of hydrogen-bond acceptors (Lipinski definition) is 3. The molecule has 3 rings (SSSR count). The summed E-state index contributed by atoms with van der Waals surface area (Å²) in [6, 6.07) is 14.1. The van der Waals surface area contributed by atoms with Crippen LogP contribution in [-0.4, -0.2) is 34.7 Å². The van der Waals surface area contributed by atoms with Crippen molar-refractivity contribution < 1.29 is 9.59 Å². The number of amides is 2. The van der Waals surface area contributed by atoms with Gasteiger partial charge in [0.15, 0.2) is 0 Å². The van der Waals surface area contributed by atoms with Gasteiger partial charge in [-0.25, -0.2) is 0 Å². The van der Waals surface area contributed by atoms with Gasteiger partial charge in [-0.3, -0.25) is 9.59 Å². The summed E-state index contributed by atoms with van der Waals surface area (Å²) >= 11 is 1.66. The lowest BCUT2D eigenvalue weighted by Gasteiger charge is -2.28. The first-order valence-electron chi connectivity index (χ1n) is 10.1. The molecule has 0 aliphatic heterocycles. The maximum atomic E-state index is 13.2. The summed E-state index contributed by atoms with van der Waals surface area (Å²) in [6.45, 7) is 6.14. The lowest BCUT2D eigenvalue weighted by atomic mass is 10.1. The first-order chi connectivity index (χ1) is 13.5. The number of thiophene rings is 1. The van der Waals surface area contributed by atoms with E-state index in [9.17, 15) is 9.59 Å². The van der Waals surface area contributed by atoms with Gasteiger partial charge in [0.1, 0.15) is 0 Å². The van der Waals surface area contributed by atoms with E-state index < -0.39 is 0 Å². The Morgan fingerprint density at radius 2 is 1.75 bits per heavy atom. The van der Waals surface area contributed by atoms with Gasteiger partial charge in [0.05, 0.1) is 13.1 Å². The lowest BCUT2D eigenvalue weighted by Crippen LogP contribution is -2.43. The SMILES string of the molecule is CC(C)CC(=O)N(CC(=O)N(Cc1ccccc1)Cc1cccs1)CC1CC1. The minimum Gasteiger partial charge on any atom is -0.333 e. The van der Waals surface area contributed by atoms with E-state index in [1.54, 1.807) is 16.2 Å². The Balaban J connectivity index is 1.70. The molecule has 0 atom stereocenters. The molecule has 150 valence electrons. The summed E-state index contributed by atoms with van der Waals surface area (Å²) in [7, 11) is 0. The summed E-state index contributed by atoms with van der Waals surface area (Å²) in [5, 5.41) is 2.03. The van der Waals surface area contributed by atoms with Crippen LogP contribution in [0.3, 0.4) is 0 Å². The maximum absolute atomic E-state index is 13.2. The Labute approximate surface area is 172 Å². The third-order valence-corrected chi connectivity index (χ3v) is 5.79. The van der Waals surface area contributed by atoms with Crippen LogP contribution in [0.25, 0.3) is 0 Å². The van der Waals surface area contributed by atoms with Crippen molar-refractivity contribution in [2.75, 3.05) is 13.1 Å². The molecule has 1 saturated carbocycles. The van der Waals surface area contributed by atoms with Crippen LogP contribution in [0.5, 0.6) is 0 Å². The number of carbonyl (C=O) groups is 2. The van der Waals surface area contributed by atoms with Gasteiger partial charge in [-0.15, -0.1) is 11.3 Å². The number of benzene rings is 1. The van der Waals surface area contributed by atoms with Crippen LogP contribution in [-0.2, 0) is 22.7 Å². The number of carbonyl (C=O) groups excluding carboxylic acids is 2. The first-order valence-corrected chi connectivity index (χ1v) is 11.0. The van der Waals surface area contributed by atoms with Crippen molar-refractivity contribution in [2.24, 2.45) is 11.8 Å². The Hall–Kier alpha value is -2.14. The molecular weight excluding hydrogens is 368 g/mol. The fourth-order valence-electron chi connectivity index (χ4n) is 3.23. The van der Waals surface area contributed by atoms with Gasteiger partial charge in [0.25, 0.3) is 0 Å². The number of rotatable bonds is 10. The molecule has 2 amide bonds. The molecule has 0 unspecified atom stereocenters. The Morgan fingerprint density at radius 3 is 2.36 bits per heavy atom. The van der Waals surface area contributed by atoms with Crippen LogP contribution >= 0.6 is 11.3 Å². The van der Waals surface area contributed by atoms with E-state index in [0.29, 0.717) is 31.3 Å². The molecule has 1 fully saturated rings. The van der Waals surface area contributed by atoms with E-state index in [1.165, 1.54) is 12.8 Å². The van der Waals surface area contributed by atoms with Crippen molar-refractivity contribution in [3.8, 4) is 0 Å². The zero-order chi connectivity index (χ0) is 19.9. The Bertz CT molecular complexity index is 754. The van der Waals surface area contributed by atoms with Crippen molar-refractivity contribution in [3.63, 3.8) is 0 Å². The molecule has 2 aromatic rings. The third kappa shape index (κ3) is 6.48. The predicted molar refractivity (Wildman–Crippen MR) is 114 cm³/mol. The predicted octanol–water partition coefficient (Wildman–Crippen LogP) is 4.56. The zero-order valence-electron chi connectivity index (χ0n) is 16.8.